The van der Waals surface area contributed by atoms with Crippen LogP contribution in [-0.4, -0.2) is 22.2 Å². The van der Waals surface area contributed by atoms with E-state index in [2.05, 4.69) is 31.2 Å². The maximum atomic E-state index is 13.8. The monoisotopic (exact) mass is 444 g/mol. The van der Waals surface area contributed by atoms with Crippen molar-refractivity contribution in [1.82, 2.24) is 9.97 Å². The van der Waals surface area contributed by atoms with E-state index in [0.29, 0.717) is 46.5 Å². The van der Waals surface area contributed by atoms with Crippen LogP contribution in [-0.2, 0) is 6.54 Å². The second kappa shape index (κ2) is 6.83. The molecule has 0 amide bonds. The molecule has 3 aromatic heterocycles. The summed E-state index contributed by atoms with van der Waals surface area (Å²) >= 11 is 11.2. The number of hydrogen-bond acceptors (Lipinski definition) is 6. The molecule has 1 aliphatic rings. The number of nitrogens with zero attached hydrogens (tertiary/aromatic N) is 2. The van der Waals surface area contributed by atoms with Crippen LogP contribution in [0.2, 0.25) is 5.28 Å². The molecule has 1 saturated carbocycles. The largest absolute Gasteiger partial charge is 0.454 e. The quantitative estimate of drug-likeness (QED) is 0.561. The molecule has 0 saturated heterocycles. The van der Waals surface area contributed by atoms with E-state index in [-0.39, 0.29) is 11.2 Å². The van der Waals surface area contributed by atoms with Crippen molar-refractivity contribution in [2.45, 2.75) is 37.5 Å². The van der Waals surface area contributed by atoms with E-state index in [1.54, 1.807) is 11.3 Å². The maximum absolute atomic E-state index is 13.8. The molecule has 0 spiro atoms. The van der Waals surface area contributed by atoms with Gasteiger partial charge in [0.2, 0.25) is 5.28 Å². The first-order valence-corrected chi connectivity index (χ1v) is 9.91. The normalized spacial score (nSPS) is 23.4. The van der Waals surface area contributed by atoms with E-state index >= 15 is 0 Å². The predicted octanol–water partition coefficient (Wildman–Crippen LogP) is 4.86. The summed E-state index contributed by atoms with van der Waals surface area (Å²) in [6.45, 7) is 0.600. The molecule has 3 atom stereocenters. The van der Waals surface area contributed by atoms with Gasteiger partial charge in [0.25, 0.3) is 0 Å². The number of halogens is 3. The molecule has 0 aliphatic heterocycles. The highest BCUT2D eigenvalue weighted by molar-refractivity contribution is 9.10. The second-order valence-corrected chi connectivity index (χ2v) is 8.17. The Morgan fingerprint density at radius 2 is 2.28 bits per heavy atom. The first-order valence-electron chi connectivity index (χ1n) is 7.86. The molecule has 3 N–H and O–H groups in total. The topological polar surface area (TPSA) is 77.0 Å². The van der Waals surface area contributed by atoms with E-state index in [9.17, 15) is 4.39 Å². The van der Waals surface area contributed by atoms with Gasteiger partial charge in [-0.3, -0.25) is 0 Å². The van der Waals surface area contributed by atoms with Crippen molar-refractivity contribution in [3.05, 3.63) is 37.9 Å². The number of hydrogen-bond donors (Lipinski definition) is 2. The van der Waals surface area contributed by atoms with Gasteiger partial charge in [0.05, 0.1) is 11.0 Å². The Balaban J connectivity index is 1.73. The highest BCUT2D eigenvalue weighted by atomic mass is 79.9. The van der Waals surface area contributed by atoms with Gasteiger partial charge in [0.15, 0.2) is 11.4 Å². The van der Waals surface area contributed by atoms with Gasteiger partial charge in [0.1, 0.15) is 17.4 Å². The molecule has 0 bridgehead atoms. The molecule has 5 nitrogen and oxygen atoms in total. The van der Waals surface area contributed by atoms with Crippen LogP contribution in [0, 0.1) is 0 Å². The molecule has 0 aromatic carbocycles. The molecular weight excluding hydrogens is 431 g/mol. The van der Waals surface area contributed by atoms with E-state index in [0.717, 1.165) is 4.88 Å². The zero-order chi connectivity index (χ0) is 17.6. The summed E-state index contributed by atoms with van der Waals surface area (Å²) in [6, 6.07) is 3.43. The van der Waals surface area contributed by atoms with Crippen LogP contribution in [0.3, 0.4) is 0 Å². The summed E-state index contributed by atoms with van der Waals surface area (Å²) in [5.74, 6) is 0.930. The van der Waals surface area contributed by atoms with Crippen molar-refractivity contribution in [3.63, 3.8) is 0 Å². The number of nitrogens with two attached hydrogens (primary N) is 1. The number of furan rings is 1. The van der Waals surface area contributed by atoms with Gasteiger partial charge < -0.3 is 15.5 Å². The average Bonchev–Trinajstić information content (AvgIpc) is 3.29. The molecular formula is C16H15BrClFN4OS. The van der Waals surface area contributed by atoms with E-state index in [4.69, 9.17) is 21.8 Å². The molecule has 3 aromatic rings. The van der Waals surface area contributed by atoms with Gasteiger partial charge in [-0.05, 0) is 51.8 Å². The Morgan fingerprint density at radius 3 is 2.96 bits per heavy atom. The predicted molar refractivity (Wildman–Crippen MR) is 101 cm³/mol. The lowest BCUT2D eigenvalue weighted by Gasteiger charge is -2.14. The van der Waals surface area contributed by atoms with Gasteiger partial charge in [-0.25, -0.2) is 9.37 Å². The molecule has 4 rings (SSSR count). The van der Waals surface area contributed by atoms with Gasteiger partial charge in [-0.1, -0.05) is 6.07 Å². The number of alkyl halides is 1. The lowest BCUT2D eigenvalue weighted by Crippen LogP contribution is -2.31. The van der Waals surface area contributed by atoms with Crippen molar-refractivity contribution in [2.24, 2.45) is 5.73 Å². The fourth-order valence-electron chi connectivity index (χ4n) is 3.16. The molecule has 1 fully saturated rings. The smallest absolute Gasteiger partial charge is 0.225 e. The Labute approximate surface area is 160 Å². The summed E-state index contributed by atoms with van der Waals surface area (Å²) in [6.07, 6.45) is 0.0571. The standard InChI is InChI=1S/C16H15BrClFN4OS/c17-10-12-14(24-13(10)8-3-4-9(19)11(8)20)15(23-16(18)22-12)21-6-7-2-1-5-25-7/h1-2,5,8-9,11H,3-4,6,20H2,(H,21,22,23)/t8-,9+,11+/m0/s1. The summed E-state index contributed by atoms with van der Waals surface area (Å²) in [7, 11) is 0. The van der Waals surface area contributed by atoms with Crippen LogP contribution < -0.4 is 11.1 Å². The van der Waals surface area contributed by atoms with Gasteiger partial charge in [0, 0.05) is 16.8 Å². The van der Waals surface area contributed by atoms with Gasteiger partial charge in [-0.2, -0.15) is 4.98 Å². The summed E-state index contributed by atoms with van der Waals surface area (Å²) < 4.78 is 20.5. The average molecular weight is 446 g/mol. The molecule has 0 unspecified atom stereocenters. The Hall–Kier alpha value is -1.22. The number of anilines is 1. The number of aromatic nitrogens is 2. The molecule has 0 radical (unpaired) electrons. The van der Waals surface area contributed by atoms with Crippen molar-refractivity contribution < 1.29 is 8.81 Å². The lowest BCUT2D eigenvalue weighted by atomic mass is 10.0. The van der Waals surface area contributed by atoms with E-state index < -0.39 is 12.2 Å². The fraction of sp³-hybridized carbons (Fsp3) is 0.375. The van der Waals surface area contributed by atoms with Crippen molar-refractivity contribution in [3.8, 4) is 0 Å². The summed E-state index contributed by atoms with van der Waals surface area (Å²) in [5.41, 5.74) is 7.07. The first kappa shape index (κ1) is 17.2. The fourth-order valence-corrected chi connectivity index (χ4v) is 4.62. The number of fused-ring (bicyclic) bond motifs is 1. The molecule has 132 valence electrons. The minimum Gasteiger partial charge on any atom is -0.454 e. The Bertz CT molecular complexity index is 903. The lowest BCUT2D eigenvalue weighted by molar-refractivity contribution is 0.300. The van der Waals surface area contributed by atoms with Crippen LogP contribution in [0.4, 0.5) is 10.2 Å². The Morgan fingerprint density at radius 1 is 1.44 bits per heavy atom. The van der Waals surface area contributed by atoms with E-state index in [1.807, 2.05) is 17.5 Å². The van der Waals surface area contributed by atoms with Crippen molar-refractivity contribution >= 4 is 55.8 Å². The van der Waals surface area contributed by atoms with Crippen LogP contribution >= 0.6 is 38.9 Å². The minimum atomic E-state index is -1.02. The molecule has 9 heteroatoms. The second-order valence-electron chi connectivity index (χ2n) is 6.01. The number of rotatable bonds is 4. The zero-order valence-electron chi connectivity index (χ0n) is 13.0. The molecule has 1 aliphatic carbocycles. The maximum Gasteiger partial charge on any atom is 0.225 e. The van der Waals surface area contributed by atoms with E-state index in [1.165, 1.54) is 0 Å². The third-order valence-corrected chi connectivity index (χ3v) is 6.27. The highest BCUT2D eigenvalue weighted by Crippen LogP contribution is 2.43. The molecule has 25 heavy (non-hydrogen) atoms. The van der Waals surface area contributed by atoms with Crippen molar-refractivity contribution in [2.75, 3.05) is 5.32 Å². The molecule has 3 heterocycles. The van der Waals surface area contributed by atoms with Crippen LogP contribution in [0.15, 0.2) is 26.4 Å². The summed E-state index contributed by atoms with van der Waals surface area (Å²) in [5, 5.41) is 5.37. The van der Waals surface area contributed by atoms with Gasteiger partial charge in [-0.15, -0.1) is 11.3 Å². The van der Waals surface area contributed by atoms with Gasteiger partial charge >= 0.3 is 0 Å². The number of nitrogens with one attached hydrogen (secondary N) is 1. The highest BCUT2D eigenvalue weighted by Gasteiger charge is 2.38. The van der Waals surface area contributed by atoms with Crippen LogP contribution in [0.25, 0.3) is 11.1 Å². The van der Waals surface area contributed by atoms with Crippen molar-refractivity contribution in [1.29, 1.82) is 0 Å². The summed E-state index contributed by atoms with van der Waals surface area (Å²) in [4.78, 5) is 9.66. The zero-order valence-corrected chi connectivity index (χ0v) is 16.2. The first-order chi connectivity index (χ1) is 12.0. The minimum absolute atomic E-state index is 0.119. The van der Waals surface area contributed by atoms with Crippen LogP contribution in [0.5, 0.6) is 0 Å². The third kappa shape index (κ3) is 3.16. The SMILES string of the molecule is N[C@H]1[C@H](F)CC[C@@H]1c1oc2c(NCc3cccs3)nc(Cl)nc2c1Br. The van der Waals surface area contributed by atoms with Crippen LogP contribution in [0.1, 0.15) is 29.4 Å². The number of thiophene rings is 1. The third-order valence-electron chi connectivity index (χ3n) is 4.46. The Kier molecular flexibility index (Phi) is 4.70.